The van der Waals surface area contributed by atoms with Gasteiger partial charge in [-0.3, -0.25) is 4.90 Å². The highest BCUT2D eigenvalue weighted by molar-refractivity contribution is 7.80. The van der Waals surface area contributed by atoms with Crippen LogP contribution < -0.4 is 0 Å². The van der Waals surface area contributed by atoms with E-state index in [1.165, 1.54) is 19.3 Å². The Labute approximate surface area is 131 Å². The molecule has 0 N–H and O–H groups in total. The van der Waals surface area contributed by atoms with Crippen LogP contribution in [-0.4, -0.2) is 50.8 Å². The van der Waals surface area contributed by atoms with Crippen LogP contribution in [0.15, 0.2) is 0 Å². The molecular formula is C16H33N3S. The van der Waals surface area contributed by atoms with Gasteiger partial charge in [0.1, 0.15) is 0 Å². The van der Waals surface area contributed by atoms with E-state index in [9.17, 15) is 0 Å². The van der Waals surface area contributed by atoms with Gasteiger partial charge in [0.05, 0.1) is 13.3 Å². The topological polar surface area (TPSA) is 9.72 Å². The molecule has 0 amide bonds. The van der Waals surface area contributed by atoms with Gasteiger partial charge in [-0.25, -0.2) is 0 Å². The minimum atomic E-state index is 0.0734. The van der Waals surface area contributed by atoms with Crippen molar-refractivity contribution in [3.8, 4) is 0 Å². The number of hydrogen-bond acceptors (Lipinski definition) is 2. The molecule has 0 atom stereocenters. The molecule has 118 valence electrons. The smallest absolute Gasteiger partial charge is 0.174 e. The van der Waals surface area contributed by atoms with Crippen LogP contribution >= 0.6 is 12.2 Å². The maximum absolute atomic E-state index is 5.75. The molecule has 1 heterocycles. The summed E-state index contributed by atoms with van der Waals surface area (Å²) in [6.07, 6.45) is 3.77. The minimum Gasteiger partial charge on any atom is -0.336 e. The monoisotopic (exact) mass is 299 g/mol. The third-order valence-electron chi connectivity index (χ3n) is 3.94. The summed E-state index contributed by atoms with van der Waals surface area (Å²) in [4.78, 5) is 7.26. The molecule has 0 spiro atoms. The van der Waals surface area contributed by atoms with Crippen LogP contribution in [0.3, 0.4) is 0 Å². The van der Waals surface area contributed by atoms with Gasteiger partial charge in [0.15, 0.2) is 5.11 Å². The van der Waals surface area contributed by atoms with Crippen molar-refractivity contribution in [1.82, 2.24) is 14.7 Å². The molecule has 4 heteroatoms. The first-order chi connectivity index (χ1) is 9.07. The third-order valence-corrected chi connectivity index (χ3v) is 4.42. The van der Waals surface area contributed by atoms with E-state index in [-0.39, 0.29) is 11.1 Å². The zero-order valence-electron chi connectivity index (χ0n) is 14.5. The molecule has 1 rings (SSSR count). The lowest BCUT2D eigenvalue weighted by molar-refractivity contribution is -0.0129. The van der Waals surface area contributed by atoms with Gasteiger partial charge in [-0.05, 0) is 60.2 Å². The Kier molecular flexibility index (Phi) is 5.85. The first kappa shape index (κ1) is 17.7. The summed E-state index contributed by atoms with van der Waals surface area (Å²) in [5.41, 5.74) is 0.243. The predicted molar refractivity (Wildman–Crippen MR) is 91.7 cm³/mol. The molecule has 1 saturated heterocycles. The molecular weight excluding hydrogens is 266 g/mol. The zero-order chi connectivity index (χ0) is 15.6. The zero-order valence-corrected chi connectivity index (χ0v) is 15.3. The van der Waals surface area contributed by atoms with Crippen LogP contribution in [0.25, 0.3) is 0 Å². The molecule has 1 aliphatic rings. The summed E-state index contributed by atoms with van der Waals surface area (Å²) >= 11 is 5.75. The molecule has 0 bridgehead atoms. The summed E-state index contributed by atoms with van der Waals surface area (Å²) < 4.78 is 0. The SMILES string of the molecule is CCCCCN1CN(C(C)(C)C)CN(C(C)(C)C)C1=S. The molecule has 1 aliphatic heterocycles. The van der Waals surface area contributed by atoms with Gasteiger partial charge in [-0.15, -0.1) is 0 Å². The van der Waals surface area contributed by atoms with E-state index in [0.717, 1.165) is 25.0 Å². The van der Waals surface area contributed by atoms with Crippen molar-refractivity contribution in [2.24, 2.45) is 0 Å². The van der Waals surface area contributed by atoms with Gasteiger partial charge in [-0.1, -0.05) is 19.8 Å². The van der Waals surface area contributed by atoms with Gasteiger partial charge in [-0.2, -0.15) is 0 Å². The van der Waals surface area contributed by atoms with Crippen molar-refractivity contribution < 1.29 is 0 Å². The van der Waals surface area contributed by atoms with Crippen molar-refractivity contribution in [1.29, 1.82) is 0 Å². The van der Waals surface area contributed by atoms with Gasteiger partial charge >= 0.3 is 0 Å². The van der Waals surface area contributed by atoms with Crippen LogP contribution in [0.2, 0.25) is 0 Å². The minimum absolute atomic E-state index is 0.0734. The molecule has 0 aromatic heterocycles. The molecule has 0 aliphatic carbocycles. The Morgan fingerprint density at radius 2 is 1.55 bits per heavy atom. The average molecular weight is 300 g/mol. The van der Waals surface area contributed by atoms with Gasteiger partial charge in [0.2, 0.25) is 0 Å². The maximum atomic E-state index is 5.75. The Bertz CT molecular complexity index is 328. The van der Waals surface area contributed by atoms with E-state index < -0.39 is 0 Å². The van der Waals surface area contributed by atoms with Crippen molar-refractivity contribution in [2.45, 2.75) is 78.8 Å². The molecule has 1 fully saturated rings. The second-order valence-corrected chi connectivity index (χ2v) is 8.21. The Morgan fingerprint density at radius 3 is 2.00 bits per heavy atom. The number of unbranched alkanes of at least 4 members (excludes halogenated alkanes) is 2. The van der Waals surface area contributed by atoms with Crippen molar-refractivity contribution in [2.75, 3.05) is 19.9 Å². The first-order valence-electron chi connectivity index (χ1n) is 7.89. The second-order valence-electron chi connectivity index (χ2n) is 7.85. The molecule has 0 unspecified atom stereocenters. The number of rotatable bonds is 4. The van der Waals surface area contributed by atoms with E-state index in [1.54, 1.807) is 0 Å². The highest BCUT2D eigenvalue weighted by Gasteiger charge is 2.37. The van der Waals surface area contributed by atoms with Crippen molar-refractivity contribution in [3.05, 3.63) is 0 Å². The van der Waals surface area contributed by atoms with Crippen LogP contribution in [0.4, 0.5) is 0 Å². The summed E-state index contributed by atoms with van der Waals surface area (Å²) in [7, 11) is 0. The van der Waals surface area contributed by atoms with Crippen LogP contribution in [0.1, 0.15) is 67.7 Å². The lowest BCUT2D eigenvalue weighted by Gasteiger charge is -2.53. The second kappa shape index (κ2) is 6.61. The standard InChI is InChI=1S/C16H33N3S/c1-8-9-10-11-17-12-18(15(2,3)4)13-19(14(17)20)16(5,6)7/h8-13H2,1-7H3. The molecule has 0 saturated carbocycles. The molecule has 0 aromatic carbocycles. The summed E-state index contributed by atoms with van der Waals surface area (Å²) in [5.74, 6) is 0. The Hall–Kier alpha value is -0.350. The summed E-state index contributed by atoms with van der Waals surface area (Å²) in [5, 5.41) is 1.02. The molecule has 0 radical (unpaired) electrons. The molecule has 20 heavy (non-hydrogen) atoms. The molecule has 0 aromatic rings. The lowest BCUT2D eigenvalue weighted by atomic mass is 10.0. The fourth-order valence-electron chi connectivity index (χ4n) is 2.36. The quantitative estimate of drug-likeness (QED) is 0.575. The highest BCUT2D eigenvalue weighted by Crippen LogP contribution is 2.26. The first-order valence-corrected chi connectivity index (χ1v) is 8.30. The van der Waals surface area contributed by atoms with Gasteiger partial charge < -0.3 is 9.80 Å². The van der Waals surface area contributed by atoms with E-state index in [2.05, 4.69) is 63.2 Å². The predicted octanol–water partition coefficient (Wildman–Crippen LogP) is 3.89. The lowest BCUT2D eigenvalue weighted by Crippen LogP contribution is -2.66. The summed E-state index contributed by atoms with van der Waals surface area (Å²) in [6.45, 7) is 18.8. The highest BCUT2D eigenvalue weighted by atomic mass is 32.1. The third kappa shape index (κ3) is 4.59. The number of nitrogens with zero attached hydrogens (tertiary/aromatic N) is 3. The van der Waals surface area contributed by atoms with Crippen molar-refractivity contribution >= 4 is 17.3 Å². The van der Waals surface area contributed by atoms with E-state index in [0.29, 0.717) is 0 Å². The van der Waals surface area contributed by atoms with Crippen LogP contribution in [0.5, 0.6) is 0 Å². The maximum Gasteiger partial charge on any atom is 0.174 e. The number of thiocarbonyl (C=S) groups is 1. The fraction of sp³-hybridized carbons (Fsp3) is 0.938. The largest absolute Gasteiger partial charge is 0.336 e. The van der Waals surface area contributed by atoms with Gasteiger partial charge in [0, 0.05) is 17.6 Å². The average Bonchev–Trinajstić information content (AvgIpc) is 2.28. The Morgan fingerprint density at radius 1 is 0.950 bits per heavy atom. The molecule has 3 nitrogen and oxygen atoms in total. The fourth-order valence-corrected chi connectivity index (χ4v) is 2.84. The summed E-state index contributed by atoms with van der Waals surface area (Å²) in [6, 6.07) is 0. The number of hydrogen-bond donors (Lipinski definition) is 0. The van der Waals surface area contributed by atoms with E-state index in [4.69, 9.17) is 12.2 Å². The normalized spacial score (nSPS) is 18.9. The Balaban J connectivity index is 2.85. The van der Waals surface area contributed by atoms with Crippen LogP contribution in [-0.2, 0) is 0 Å². The van der Waals surface area contributed by atoms with Crippen molar-refractivity contribution in [3.63, 3.8) is 0 Å². The van der Waals surface area contributed by atoms with Gasteiger partial charge in [0.25, 0.3) is 0 Å². The van der Waals surface area contributed by atoms with E-state index in [1.807, 2.05) is 0 Å². The van der Waals surface area contributed by atoms with Crippen LogP contribution in [0, 0.1) is 0 Å². The van der Waals surface area contributed by atoms with E-state index >= 15 is 0 Å².